The Morgan fingerprint density at radius 2 is 1.62 bits per heavy atom. The SMILES string of the molecule is [CH2]C1(c2ccc(F)cc2)CCCC1. The normalized spacial score (nSPS) is 20.5. The van der Waals surface area contributed by atoms with Gasteiger partial charge in [0, 0.05) is 0 Å². The van der Waals surface area contributed by atoms with E-state index in [9.17, 15) is 4.39 Å². The minimum atomic E-state index is -0.162. The molecule has 1 heteroatoms. The molecule has 0 heterocycles. The van der Waals surface area contributed by atoms with Gasteiger partial charge >= 0.3 is 0 Å². The topological polar surface area (TPSA) is 0 Å². The first-order valence-electron chi connectivity index (χ1n) is 4.82. The second kappa shape index (κ2) is 3.13. The summed E-state index contributed by atoms with van der Waals surface area (Å²) >= 11 is 0. The van der Waals surface area contributed by atoms with E-state index in [4.69, 9.17) is 0 Å². The monoisotopic (exact) mass is 177 g/mol. The summed E-state index contributed by atoms with van der Waals surface area (Å²) in [6, 6.07) is 6.79. The third kappa shape index (κ3) is 1.60. The molecule has 0 N–H and O–H groups in total. The Labute approximate surface area is 78.8 Å². The highest BCUT2D eigenvalue weighted by Crippen LogP contribution is 2.39. The van der Waals surface area contributed by atoms with Gasteiger partial charge in [0.15, 0.2) is 0 Å². The van der Waals surface area contributed by atoms with Crippen LogP contribution < -0.4 is 0 Å². The quantitative estimate of drug-likeness (QED) is 0.616. The summed E-state index contributed by atoms with van der Waals surface area (Å²) in [5.41, 5.74) is 1.25. The van der Waals surface area contributed by atoms with Crippen LogP contribution in [0, 0.1) is 12.7 Å². The minimum Gasteiger partial charge on any atom is -0.207 e. The standard InChI is InChI=1S/C12H14F/c1-12(8-2-3-9-12)10-4-6-11(13)7-5-10/h4-7H,1-3,8-9H2. The van der Waals surface area contributed by atoms with Crippen molar-refractivity contribution >= 4 is 0 Å². The molecule has 69 valence electrons. The molecule has 0 aromatic heterocycles. The van der Waals surface area contributed by atoms with Crippen molar-refractivity contribution in [3.63, 3.8) is 0 Å². The van der Waals surface area contributed by atoms with Crippen molar-refractivity contribution in [2.75, 3.05) is 0 Å². The fourth-order valence-corrected chi connectivity index (χ4v) is 2.14. The highest BCUT2D eigenvalue weighted by atomic mass is 19.1. The van der Waals surface area contributed by atoms with Gasteiger partial charge in [-0.3, -0.25) is 0 Å². The number of hydrogen-bond donors (Lipinski definition) is 0. The second-order valence-corrected chi connectivity index (χ2v) is 3.99. The van der Waals surface area contributed by atoms with Gasteiger partial charge in [0.05, 0.1) is 0 Å². The average molecular weight is 177 g/mol. The van der Waals surface area contributed by atoms with E-state index >= 15 is 0 Å². The van der Waals surface area contributed by atoms with Crippen molar-refractivity contribution < 1.29 is 4.39 Å². The predicted octanol–water partition coefficient (Wildman–Crippen LogP) is 3.47. The van der Waals surface area contributed by atoms with Crippen molar-refractivity contribution in [1.29, 1.82) is 0 Å². The Kier molecular flexibility index (Phi) is 2.10. The molecule has 0 saturated heterocycles. The number of halogens is 1. The zero-order valence-electron chi connectivity index (χ0n) is 7.72. The van der Waals surface area contributed by atoms with Crippen LogP contribution in [0.3, 0.4) is 0 Å². The molecule has 13 heavy (non-hydrogen) atoms. The number of benzene rings is 1. The van der Waals surface area contributed by atoms with Crippen LogP contribution in [-0.4, -0.2) is 0 Å². The van der Waals surface area contributed by atoms with Crippen LogP contribution in [0.4, 0.5) is 4.39 Å². The molecule has 0 nitrogen and oxygen atoms in total. The molecule has 0 amide bonds. The van der Waals surface area contributed by atoms with Crippen LogP contribution >= 0.6 is 0 Å². The lowest BCUT2D eigenvalue weighted by atomic mass is 9.81. The minimum absolute atomic E-state index is 0.0632. The first-order chi connectivity index (χ1) is 6.21. The van der Waals surface area contributed by atoms with Crippen LogP contribution in [0.5, 0.6) is 0 Å². The van der Waals surface area contributed by atoms with Gasteiger partial charge in [-0.05, 0) is 42.9 Å². The van der Waals surface area contributed by atoms with Gasteiger partial charge in [0.1, 0.15) is 5.82 Å². The maximum Gasteiger partial charge on any atom is 0.123 e. The lowest BCUT2D eigenvalue weighted by Crippen LogP contribution is -2.16. The van der Waals surface area contributed by atoms with Gasteiger partial charge in [0.2, 0.25) is 0 Å². The number of rotatable bonds is 1. The highest BCUT2D eigenvalue weighted by molar-refractivity contribution is 5.28. The van der Waals surface area contributed by atoms with Crippen molar-refractivity contribution in [2.45, 2.75) is 31.1 Å². The van der Waals surface area contributed by atoms with Crippen LogP contribution in [-0.2, 0) is 5.41 Å². The van der Waals surface area contributed by atoms with E-state index in [1.807, 2.05) is 12.1 Å². The van der Waals surface area contributed by atoms with E-state index in [0.29, 0.717) is 0 Å². The fourth-order valence-electron chi connectivity index (χ4n) is 2.14. The maximum atomic E-state index is 12.7. The van der Waals surface area contributed by atoms with E-state index < -0.39 is 0 Å². The van der Waals surface area contributed by atoms with E-state index in [0.717, 1.165) is 12.8 Å². The summed E-state index contributed by atoms with van der Waals surface area (Å²) in [7, 11) is 0. The van der Waals surface area contributed by atoms with Gasteiger partial charge in [-0.2, -0.15) is 0 Å². The fraction of sp³-hybridized carbons (Fsp3) is 0.417. The molecule has 0 spiro atoms. The molecule has 0 unspecified atom stereocenters. The van der Waals surface area contributed by atoms with E-state index in [1.165, 1.54) is 30.5 Å². The Morgan fingerprint density at radius 3 is 2.15 bits per heavy atom. The van der Waals surface area contributed by atoms with Gasteiger partial charge in [-0.1, -0.05) is 25.0 Å². The third-order valence-corrected chi connectivity index (χ3v) is 3.02. The zero-order valence-corrected chi connectivity index (χ0v) is 7.72. The van der Waals surface area contributed by atoms with E-state index in [-0.39, 0.29) is 11.2 Å². The summed E-state index contributed by atoms with van der Waals surface area (Å²) < 4.78 is 12.7. The highest BCUT2D eigenvalue weighted by Gasteiger charge is 2.30. The van der Waals surface area contributed by atoms with Gasteiger partial charge in [0.25, 0.3) is 0 Å². The Morgan fingerprint density at radius 1 is 1.08 bits per heavy atom. The smallest absolute Gasteiger partial charge is 0.123 e. The van der Waals surface area contributed by atoms with Crippen molar-refractivity contribution in [3.8, 4) is 0 Å². The number of hydrogen-bond acceptors (Lipinski definition) is 0. The Bertz CT molecular complexity index is 280. The summed E-state index contributed by atoms with van der Waals surface area (Å²) in [5.74, 6) is -0.162. The first-order valence-corrected chi connectivity index (χ1v) is 4.82. The second-order valence-electron chi connectivity index (χ2n) is 3.99. The van der Waals surface area contributed by atoms with Crippen LogP contribution in [0.2, 0.25) is 0 Å². The summed E-state index contributed by atoms with van der Waals surface area (Å²) in [6.07, 6.45) is 4.78. The van der Waals surface area contributed by atoms with Crippen molar-refractivity contribution in [3.05, 3.63) is 42.6 Å². The molecule has 1 aliphatic rings. The summed E-state index contributed by atoms with van der Waals surface area (Å²) in [5, 5.41) is 0. The molecule has 1 saturated carbocycles. The van der Waals surface area contributed by atoms with Gasteiger partial charge < -0.3 is 0 Å². The third-order valence-electron chi connectivity index (χ3n) is 3.02. The summed E-state index contributed by atoms with van der Waals surface area (Å²) in [6.45, 7) is 4.25. The molecule has 0 bridgehead atoms. The molecular weight excluding hydrogens is 163 g/mol. The molecule has 0 aliphatic heterocycles. The summed E-state index contributed by atoms with van der Waals surface area (Å²) in [4.78, 5) is 0. The Hall–Kier alpha value is -0.850. The van der Waals surface area contributed by atoms with Crippen molar-refractivity contribution in [2.24, 2.45) is 0 Å². The molecule has 1 aromatic rings. The average Bonchev–Trinajstić information content (AvgIpc) is 2.54. The van der Waals surface area contributed by atoms with E-state index in [2.05, 4.69) is 6.92 Å². The molecular formula is C12H14F. The molecule has 1 aliphatic carbocycles. The van der Waals surface area contributed by atoms with Crippen LogP contribution in [0.25, 0.3) is 0 Å². The molecule has 2 rings (SSSR count). The van der Waals surface area contributed by atoms with Crippen LogP contribution in [0.15, 0.2) is 24.3 Å². The predicted molar refractivity (Wildman–Crippen MR) is 51.9 cm³/mol. The molecule has 1 radical (unpaired) electrons. The zero-order chi connectivity index (χ0) is 9.31. The first kappa shape index (κ1) is 8.74. The van der Waals surface area contributed by atoms with Crippen LogP contribution in [0.1, 0.15) is 31.2 Å². The van der Waals surface area contributed by atoms with Gasteiger partial charge in [-0.25, -0.2) is 4.39 Å². The molecule has 1 fully saturated rings. The maximum absolute atomic E-state index is 12.7. The van der Waals surface area contributed by atoms with Crippen molar-refractivity contribution in [1.82, 2.24) is 0 Å². The molecule has 1 aromatic carbocycles. The Balaban J connectivity index is 2.29. The van der Waals surface area contributed by atoms with E-state index in [1.54, 1.807) is 0 Å². The lowest BCUT2D eigenvalue weighted by molar-refractivity contribution is 0.549. The molecule has 0 atom stereocenters. The lowest BCUT2D eigenvalue weighted by Gasteiger charge is -2.23. The largest absolute Gasteiger partial charge is 0.207 e. The van der Waals surface area contributed by atoms with Gasteiger partial charge in [-0.15, -0.1) is 0 Å².